The van der Waals surface area contributed by atoms with E-state index in [1.807, 2.05) is 0 Å². The zero-order valence-electron chi connectivity index (χ0n) is 10.8. The zero-order chi connectivity index (χ0) is 13.2. The maximum atomic E-state index is 11.2. The Kier molecular flexibility index (Phi) is 3.72. The van der Waals surface area contributed by atoms with Crippen molar-refractivity contribution in [1.82, 2.24) is 15.5 Å². The van der Waals surface area contributed by atoms with Crippen LogP contribution >= 0.6 is 0 Å². The highest BCUT2D eigenvalue weighted by Gasteiger charge is 2.37. The minimum atomic E-state index is -3.12. The first kappa shape index (κ1) is 13.5. The molecule has 1 N–H and O–H groups in total. The second kappa shape index (κ2) is 4.97. The molecule has 6 nitrogen and oxygen atoms in total. The first-order chi connectivity index (χ1) is 8.45. The van der Waals surface area contributed by atoms with Gasteiger partial charge in [0, 0.05) is 6.26 Å². The van der Waals surface area contributed by atoms with Crippen molar-refractivity contribution in [3.63, 3.8) is 0 Å². The molecule has 1 aromatic rings. The molecule has 1 aliphatic heterocycles. The molecule has 0 amide bonds. The SMILES string of the molecule is CCC1(c2nc(CS(C)(=O)=O)no2)CCNCC1. The molecule has 2 rings (SSSR count). The summed E-state index contributed by atoms with van der Waals surface area (Å²) in [6.45, 7) is 3.96. The molecule has 1 aliphatic rings. The fourth-order valence-corrected chi connectivity index (χ4v) is 2.97. The zero-order valence-corrected chi connectivity index (χ0v) is 11.6. The molecule has 0 aromatic carbocycles. The molecule has 1 saturated heterocycles. The molecule has 0 aliphatic carbocycles. The number of aromatic nitrogens is 2. The summed E-state index contributed by atoms with van der Waals surface area (Å²) in [6, 6.07) is 0. The Morgan fingerprint density at radius 3 is 2.61 bits per heavy atom. The van der Waals surface area contributed by atoms with E-state index in [2.05, 4.69) is 22.4 Å². The molecule has 7 heteroatoms. The molecule has 102 valence electrons. The Bertz CT molecular complexity index is 503. The average molecular weight is 273 g/mol. The minimum Gasteiger partial charge on any atom is -0.339 e. The Morgan fingerprint density at radius 1 is 1.39 bits per heavy atom. The Hall–Kier alpha value is -0.950. The van der Waals surface area contributed by atoms with Crippen LogP contribution in [0.3, 0.4) is 0 Å². The average Bonchev–Trinajstić information content (AvgIpc) is 2.76. The van der Waals surface area contributed by atoms with Crippen LogP contribution in [0.4, 0.5) is 0 Å². The summed E-state index contributed by atoms with van der Waals surface area (Å²) in [5, 5.41) is 7.09. The monoisotopic (exact) mass is 273 g/mol. The molecule has 2 heterocycles. The van der Waals surface area contributed by atoms with Crippen LogP contribution in [0.5, 0.6) is 0 Å². The van der Waals surface area contributed by atoms with E-state index in [9.17, 15) is 8.42 Å². The summed E-state index contributed by atoms with van der Waals surface area (Å²) in [4.78, 5) is 4.28. The molecular weight excluding hydrogens is 254 g/mol. The van der Waals surface area contributed by atoms with Gasteiger partial charge in [-0.3, -0.25) is 0 Å². The molecule has 0 atom stereocenters. The highest BCUT2D eigenvalue weighted by atomic mass is 32.2. The fourth-order valence-electron chi connectivity index (χ4n) is 2.39. The third-order valence-corrected chi connectivity index (χ3v) is 4.33. The van der Waals surface area contributed by atoms with Crippen LogP contribution in [0.15, 0.2) is 4.52 Å². The maximum Gasteiger partial charge on any atom is 0.232 e. The van der Waals surface area contributed by atoms with Crippen molar-refractivity contribution in [2.24, 2.45) is 0 Å². The van der Waals surface area contributed by atoms with Crippen molar-refractivity contribution in [3.8, 4) is 0 Å². The Labute approximate surface area is 107 Å². The molecule has 0 spiro atoms. The van der Waals surface area contributed by atoms with Crippen LogP contribution in [0.25, 0.3) is 0 Å². The number of nitrogens with zero attached hydrogens (tertiary/aromatic N) is 2. The van der Waals surface area contributed by atoms with Crippen molar-refractivity contribution in [2.45, 2.75) is 37.4 Å². The predicted molar refractivity (Wildman–Crippen MR) is 66.9 cm³/mol. The summed E-state index contributed by atoms with van der Waals surface area (Å²) in [5.41, 5.74) is -0.0893. The smallest absolute Gasteiger partial charge is 0.232 e. The molecule has 1 aromatic heterocycles. The van der Waals surface area contributed by atoms with Gasteiger partial charge in [0.1, 0.15) is 5.75 Å². The number of hydrogen-bond acceptors (Lipinski definition) is 6. The molecular formula is C11H19N3O3S. The molecule has 0 unspecified atom stereocenters. The van der Waals surface area contributed by atoms with Gasteiger partial charge in [0.25, 0.3) is 0 Å². The van der Waals surface area contributed by atoms with Gasteiger partial charge in [-0.05, 0) is 32.4 Å². The number of rotatable bonds is 4. The van der Waals surface area contributed by atoms with E-state index in [1.165, 1.54) is 6.26 Å². The van der Waals surface area contributed by atoms with Crippen LogP contribution in [0, 0.1) is 0 Å². The highest BCUT2D eigenvalue weighted by molar-refractivity contribution is 7.89. The van der Waals surface area contributed by atoms with Gasteiger partial charge >= 0.3 is 0 Å². The third-order valence-electron chi connectivity index (χ3n) is 3.55. The standard InChI is InChI=1S/C11H19N3O3S/c1-3-11(4-6-12-7-5-11)10-13-9(14-17-10)8-18(2,15)16/h12H,3-8H2,1-2H3. The highest BCUT2D eigenvalue weighted by Crippen LogP contribution is 2.35. The third kappa shape index (κ3) is 2.89. The van der Waals surface area contributed by atoms with Crippen molar-refractivity contribution >= 4 is 9.84 Å². The van der Waals surface area contributed by atoms with Crippen LogP contribution in [0.1, 0.15) is 37.9 Å². The van der Waals surface area contributed by atoms with Gasteiger partial charge < -0.3 is 9.84 Å². The van der Waals surface area contributed by atoms with Gasteiger partial charge in [0.2, 0.25) is 5.89 Å². The van der Waals surface area contributed by atoms with Gasteiger partial charge in [-0.2, -0.15) is 4.98 Å². The summed E-state index contributed by atoms with van der Waals surface area (Å²) >= 11 is 0. The lowest BCUT2D eigenvalue weighted by Crippen LogP contribution is -2.39. The first-order valence-corrected chi connectivity index (χ1v) is 8.23. The predicted octanol–water partition coefficient (Wildman–Crippen LogP) is 0.645. The maximum absolute atomic E-state index is 11.2. The summed E-state index contributed by atoms with van der Waals surface area (Å²) in [5.74, 6) is 0.693. The number of hydrogen-bond donors (Lipinski definition) is 1. The van der Waals surface area contributed by atoms with E-state index < -0.39 is 9.84 Å². The van der Waals surface area contributed by atoms with E-state index in [4.69, 9.17) is 4.52 Å². The lowest BCUT2D eigenvalue weighted by Gasteiger charge is -2.33. The van der Waals surface area contributed by atoms with E-state index in [0.29, 0.717) is 5.89 Å². The second-order valence-corrected chi connectivity index (χ2v) is 7.11. The summed E-state index contributed by atoms with van der Waals surface area (Å²) < 4.78 is 27.7. The van der Waals surface area contributed by atoms with Gasteiger partial charge in [-0.15, -0.1) is 0 Å². The van der Waals surface area contributed by atoms with E-state index in [0.717, 1.165) is 32.4 Å². The molecule has 18 heavy (non-hydrogen) atoms. The lowest BCUT2D eigenvalue weighted by atomic mass is 9.76. The second-order valence-electron chi connectivity index (χ2n) is 4.97. The lowest BCUT2D eigenvalue weighted by molar-refractivity contribution is 0.216. The normalized spacial score (nSPS) is 19.9. The van der Waals surface area contributed by atoms with Gasteiger partial charge in [-0.1, -0.05) is 12.1 Å². The topological polar surface area (TPSA) is 85.1 Å². The van der Waals surface area contributed by atoms with Crippen LogP contribution in [-0.2, 0) is 21.0 Å². The van der Waals surface area contributed by atoms with Crippen LogP contribution < -0.4 is 5.32 Å². The van der Waals surface area contributed by atoms with Crippen LogP contribution in [-0.4, -0.2) is 37.9 Å². The molecule has 0 saturated carbocycles. The number of nitrogens with one attached hydrogen (secondary N) is 1. The van der Waals surface area contributed by atoms with Crippen molar-refractivity contribution < 1.29 is 12.9 Å². The van der Waals surface area contributed by atoms with Crippen molar-refractivity contribution in [1.29, 1.82) is 0 Å². The summed E-state index contributed by atoms with van der Waals surface area (Å²) in [6.07, 6.45) is 3.99. The van der Waals surface area contributed by atoms with Crippen LogP contribution in [0.2, 0.25) is 0 Å². The minimum absolute atomic E-state index is 0.0893. The first-order valence-electron chi connectivity index (χ1n) is 6.17. The largest absolute Gasteiger partial charge is 0.339 e. The fraction of sp³-hybridized carbons (Fsp3) is 0.818. The van der Waals surface area contributed by atoms with Crippen molar-refractivity contribution in [2.75, 3.05) is 19.3 Å². The van der Waals surface area contributed by atoms with E-state index >= 15 is 0 Å². The molecule has 1 fully saturated rings. The molecule has 0 bridgehead atoms. The summed E-state index contributed by atoms with van der Waals surface area (Å²) in [7, 11) is -3.12. The number of sulfone groups is 1. The van der Waals surface area contributed by atoms with Gasteiger partial charge in [0.15, 0.2) is 15.7 Å². The molecule has 0 radical (unpaired) electrons. The quantitative estimate of drug-likeness (QED) is 0.866. The van der Waals surface area contributed by atoms with E-state index in [-0.39, 0.29) is 17.0 Å². The number of piperidine rings is 1. The van der Waals surface area contributed by atoms with Crippen molar-refractivity contribution in [3.05, 3.63) is 11.7 Å². The Balaban J connectivity index is 2.22. The Morgan fingerprint density at radius 2 is 2.06 bits per heavy atom. The van der Waals surface area contributed by atoms with Gasteiger partial charge in [0.05, 0.1) is 5.41 Å². The van der Waals surface area contributed by atoms with Gasteiger partial charge in [-0.25, -0.2) is 8.42 Å². The van der Waals surface area contributed by atoms with E-state index in [1.54, 1.807) is 0 Å².